The van der Waals surface area contributed by atoms with Gasteiger partial charge in [-0.25, -0.2) is 4.79 Å². The molecule has 4 bridgehead atoms. The van der Waals surface area contributed by atoms with Crippen molar-refractivity contribution in [1.29, 1.82) is 0 Å². The second-order valence-electron chi connectivity index (χ2n) is 7.93. The Bertz CT molecular complexity index is 1030. The molecule has 2 aromatic rings. The molecule has 8 N–H and O–H groups in total. The number of amides is 2. The van der Waals surface area contributed by atoms with Gasteiger partial charge in [-0.3, -0.25) is 9.59 Å². The van der Waals surface area contributed by atoms with E-state index in [2.05, 4.69) is 10.6 Å². The van der Waals surface area contributed by atoms with Crippen molar-refractivity contribution in [3.63, 3.8) is 0 Å². The molecule has 3 rings (SSSR count). The zero-order chi connectivity index (χ0) is 24.0. The Morgan fingerprint density at radius 1 is 1.06 bits per heavy atom. The van der Waals surface area contributed by atoms with Crippen LogP contribution in [0.5, 0.6) is 5.75 Å². The second kappa shape index (κ2) is 10.8. The first kappa shape index (κ1) is 24.0. The molecule has 176 valence electrons. The van der Waals surface area contributed by atoms with Crippen molar-refractivity contribution in [2.24, 2.45) is 11.5 Å². The molecule has 10 nitrogen and oxygen atoms in total. The van der Waals surface area contributed by atoms with Crippen LogP contribution >= 0.6 is 0 Å². The fraction of sp³-hybridized carbons (Fsp3) is 0.348. The van der Waals surface area contributed by atoms with Gasteiger partial charge in [0.05, 0.1) is 6.04 Å². The lowest BCUT2D eigenvalue weighted by Gasteiger charge is -2.24. The maximum Gasteiger partial charge on any atom is 0.507 e. The van der Waals surface area contributed by atoms with E-state index in [0.717, 1.165) is 16.7 Å². The Hall–Kier alpha value is -3.63. The van der Waals surface area contributed by atoms with E-state index in [4.69, 9.17) is 21.3 Å². The number of hydrogen-bond acceptors (Lipinski definition) is 7. The van der Waals surface area contributed by atoms with E-state index in [0.29, 0.717) is 18.5 Å². The summed E-state index contributed by atoms with van der Waals surface area (Å²) in [5, 5.41) is 24.6. The van der Waals surface area contributed by atoms with Gasteiger partial charge in [-0.1, -0.05) is 30.3 Å². The SMILES string of the molecule is NCCC[C@@H]1NC(=O)[C@@H](N)Cc2cc(ccc2O)-c2cccc(c2)C[C@H](OC(=O)O)NC1=O. The number of phenols is 1. The summed E-state index contributed by atoms with van der Waals surface area (Å²) in [4.78, 5) is 36.9. The fourth-order valence-corrected chi connectivity index (χ4v) is 3.72. The van der Waals surface area contributed by atoms with Crippen LogP contribution in [0, 0.1) is 0 Å². The summed E-state index contributed by atoms with van der Waals surface area (Å²) in [6.45, 7) is 0.300. The van der Waals surface area contributed by atoms with Crippen LogP contribution in [0.4, 0.5) is 4.79 Å². The highest BCUT2D eigenvalue weighted by molar-refractivity contribution is 5.90. The molecule has 0 radical (unpaired) electrons. The van der Waals surface area contributed by atoms with E-state index in [1.54, 1.807) is 24.3 Å². The van der Waals surface area contributed by atoms with Crippen molar-refractivity contribution in [3.8, 4) is 16.9 Å². The summed E-state index contributed by atoms with van der Waals surface area (Å²) in [5.41, 5.74) is 14.4. The molecule has 33 heavy (non-hydrogen) atoms. The molecule has 1 aliphatic heterocycles. The molecule has 0 aromatic heterocycles. The topological polar surface area (TPSA) is 177 Å². The van der Waals surface area contributed by atoms with Crippen molar-refractivity contribution >= 4 is 18.0 Å². The predicted octanol–water partition coefficient (Wildman–Crippen LogP) is 0.846. The second-order valence-corrected chi connectivity index (χ2v) is 7.93. The number of carbonyl (C=O) groups excluding carboxylic acids is 2. The van der Waals surface area contributed by atoms with Gasteiger partial charge in [0.1, 0.15) is 11.8 Å². The highest BCUT2D eigenvalue weighted by Crippen LogP contribution is 2.28. The number of benzene rings is 2. The summed E-state index contributed by atoms with van der Waals surface area (Å²) in [7, 11) is 0. The Morgan fingerprint density at radius 2 is 1.82 bits per heavy atom. The predicted molar refractivity (Wildman–Crippen MR) is 120 cm³/mol. The minimum absolute atomic E-state index is 0.00909. The summed E-state index contributed by atoms with van der Waals surface area (Å²) >= 11 is 0. The fourth-order valence-electron chi connectivity index (χ4n) is 3.72. The molecule has 2 amide bonds. The molecular formula is C23H28N4O6. The lowest BCUT2D eigenvalue weighted by Crippen LogP contribution is -2.54. The van der Waals surface area contributed by atoms with E-state index >= 15 is 0 Å². The normalized spacial score (nSPS) is 21.2. The Morgan fingerprint density at radius 3 is 2.55 bits per heavy atom. The van der Waals surface area contributed by atoms with Crippen LogP contribution in [-0.4, -0.2) is 53.0 Å². The van der Waals surface area contributed by atoms with Crippen molar-refractivity contribution < 1.29 is 29.3 Å². The average molecular weight is 456 g/mol. The monoisotopic (exact) mass is 456 g/mol. The number of rotatable bonds is 4. The summed E-state index contributed by atoms with van der Waals surface area (Å²) < 4.78 is 4.89. The number of hydrogen-bond donors (Lipinski definition) is 6. The number of fused-ring (bicyclic) bond motifs is 5. The van der Waals surface area contributed by atoms with Gasteiger partial charge in [0.2, 0.25) is 11.8 Å². The van der Waals surface area contributed by atoms with Gasteiger partial charge in [0.25, 0.3) is 0 Å². The third kappa shape index (κ3) is 6.43. The lowest BCUT2D eigenvalue weighted by atomic mass is 9.97. The maximum absolute atomic E-state index is 12.9. The van der Waals surface area contributed by atoms with Gasteiger partial charge in [0.15, 0.2) is 6.23 Å². The van der Waals surface area contributed by atoms with Crippen LogP contribution < -0.4 is 22.1 Å². The van der Waals surface area contributed by atoms with Crippen LogP contribution in [0.25, 0.3) is 11.1 Å². The number of carbonyl (C=O) groups is 3. The lowest BCUT2D eigenvalue weighted by molar-refractivity contribution is -0.131. The van der Waals surface area contributed by atoms with Crippen molar-refractivity contribution in [1.82, 2.24) is 10.6 Å². The van der Waals surface area contributed by atoms with E-state index in [-0.39, 0.29) is 25.0 Å². The highest BCUT2D eigenvalue weighted by atomic mass is 16.7. The van der Waals surface area contributed by atoms with Gasteiger partial charge in [0, 0.05) is 12.8 Å². The van der Waals surface area contributed by atoms with Gasteiger partial charge in [-0.15, -0.1) is 0 Å². The number of nitrogens with two attached hydrogens (primary N) is 2. The first-order chi connectivity index (χ1) is 15.8. The zero-order valence-corrected chi connectivity index (χ0v) is 18.0. The Balaban J connectivity index is 2.03. The standard InChI is InChI=1S/C23H28N4O6/c24-8-2-5-18-22(30)27-20(33-23(31)32)10-13-3-1-4-14(9-13)15-6-7-19(28)16(11-15)12-17(25)21(29)26-18/h1,3-4,6-7,9,11,17-18,20,28H,2,5,8,10,12,24-25H2,(H,26,29)(H,27,30)(H,31,32)/t17-,18-,20-/m0/s1. The van der Waals surface area contributed by atoms with Crippen LogP contribution in [-0.2, 0) is 27.2 Å². The number of ether oxygens (including phenoxy) is 1. The number of nitrogens with one attached hydrogen (secondary N) is 2. The molecule has 1 heterocycles. The first-order valence-electron chi connectivity index (χ1n) is 10.6. The first-order valence-corrected chi connectivity index (χ1v) is 10.6. The van der Waals surface area contributed by atoms with E-state index in [1.807, 2.05) is 12.1 Å². The van der Waals surface area contributed by atoms with Crippen molar-refractivity contribution in [3.05, 3.63) is 53.6 Å². The molecule has 0 saturated carbocycles. The zero-order valence-electron chi connectivity index (χ0n) is 18.0. The quantitative estimate of drug-likeness (QED) is 0.367. The molecule has 0 fully saturated rings. The van der Waals surface area contributed by atoms with Crippen molar-refractivity contribution in [2.75, 3.05) is 6.54 Å². The molecule has 0 aliphatic carbocycles. The maximum atomic E-state index is 12.9. The molecule has 10 heteroatoms. The van der Waals surface area contributed by atoms with Crippen molar-refractivity contribution in [2.45, 2.75) is 44.0 Å². The average Bonchev–Trinajstić information content (AvgIpc) is 2.77. The number of carboxylic acid groups (broad SMARTS) is 1. The molecule has 1 aliphatic rings. The van der Waals surface area contributed by atoms with E-state index < -0.39 is 36.3 Å². The summed E-state index contributed by atoms with van der Waals surface area (Å²) in [5.74, 6) is -1.18. The molecule has 0 spiro atoms. The third-order valence-corrected chi connectivity index (χ3v) is 5.41. The van der Waals surface area contributed by atoms with Crippen LogP contribution in [0.15, 0.2) is 42.5 Å². The Labute approximate surface area is 190 Å². The minimum Gasteiger partial charge on any atom is -0.508 e. The molecule has 0 unspecified atom stereocenters. The summed E-state index contributed by atoms with van der Waals surface area (Å²) in [6, 6.07) is 10.3. The van der Waals surface area contributed by atoms with Gasteiger partial charge < -0.3 is 37.1 Å². The van der Waals surface area contributed by atoms with Crippen LogP contribution in [0.1, 0.15) is 24.0 Å². The van der Waals surface area contributed by atoms with E-state index in [1.165, 1.54) is 6.07 Å². The smallest absolute Gasteiger partial charge is 0.507 e. The van der Waals surface area contributed by atoms with Crippen LogP contribution in [0.3, 0.4) is 0 Å². The summed E-state index contributed by atoms with van der Waals surface area (Å²) in [6.07, 6.45) is -1.90. The Kier molecular flexibility index (Phi) is 7.86. The van der Waals surface area contributed by atoms with E-state index in [9.17, 15) is 19.5 Å². The third-order valence-electron chi connectivity index (χ3n) is 5.41. The highest BCUT2D eigenvalue weighted by Gasteiger charge is 2.27. The largest absolute Gasteiger partial charge is 0.508 e. The molecular weight excluding hydrogens is 428 g/mol. The molecule has 2 aromatic carbocycles. The van der Waals surface area contributed by atoms with Gasteiger partial charge >= 0.3 is 6.16 Å². The minimum atomic E-state index is -1.54. The van der Waals surface area contributed by atoms with Gasteiger partial charge in [-0.2, -0.15) is 0 Å². The van der Waals surface area contributed by atoms with Crippen LogP contribution in [0.2, 0.25) is 0 Å². The molecule has 3 atom stereocenters. The number of phenolic OH excluding ortho intramolecular Hbond substituents is 1. The molecule has 0 saturated heterocycles. The number of aromatic hydroxyl groups is 1. The van der Waals surface area contributed by atoms with Gasteiger partial charge in [-0.05, 0) is 53.8 Å².